The molecule has 1 saturated heterocycles. The molecule has 5 nitrogen and oxygen atoms in total. The van der Waals surface area contributed by atoms with Crippen molar-refractivity contribution in [2.24, 2.45) is 5.73 Å². The summed E-state index contributed by atoms with van der Waals surface area (Å²) in [5.74, 6) is 1.63. The van der Waals surface area contributed by atoms with Crippen LogP contribution in [0.2, 0.25) is 0 Å². The molecular weight excluding hydrogens is 182 g/mol. The number of hydrogen-bond acceptors (Lipinski definition) is 5. The third-order valence-electron chi connectivity index (χ3n) is 2.50. The van der Waals surface area contributed by atoms with Crippen molar-refractivity contribution in [1.29, 1.82) is 0 Å². The maximum absolute atomic E-state index is 5.45. The Labute approximate surface area is 82.6 Å². The third kappa shape index (κ3) is 1.93. The molecule has 14 heavy (non-hydrogen) atoms. The van der Waals surface area contributed by atoms with Crippen LogP contribution in [0.4, 0.5) is 0 Å². The van der Waals surface area contributed by atoms with Gasteiger partial charge in [0.1, 0.15) is 0 Å². The summed E-state index contributed by atoms with van der Waals surface area (Å²) in [6.07, 6.45) is 2.19. The Bertz CT molecular complexity index is 300. The lowest BCUT2D eigenvalue weighted by molar-refractivity contribution is 0.0134. The van der Waals surface area contributed by atoms with E-state index in [1.54, 1.807) is 0 Å². The number of rotatable bonds is 2. The summed E-state index contributed by atoms with van der Waals surface area (Å²) in [5, 5.41) is 3.78. The average molecular weight is 197 g/mol. The van der Waals surface area contributed by atoms with Gasteiger partial charge in [0.05, 0.1) is 12.6 Å². The molecule has 0 amide bonds. The first-order valence-corrected chi connectivity index (χ1v) is 4.93. The van der Waals surface area contributed by atoms with Crippen molar-refractivity contribution >= 4 is 0 Å². The molecule has 0 bridgehead atoms. The van der Waals surface area contributed by atoms with Crippen molar-refractivity contribution in [2.75, 3.05) is 6.61 Å². The second-order valence-electron chi connectivity index (χ2n) is 3.66. The van der Waals surface area contributed by atoms with Crippen molar-refractivity contribution < 1.29 is 9.26 Å². The highest BCUT2D eigenvalue weighted by molar-refractivity contribution is 4.95. The van der Waals surface area contributed by atoms with E-state index >= 15 is 0 Å². The molecule has 0 radical (unpaired) electrons. The lowest BCUT2D eigenvalue weighted by Crippen LogP contribution is -2.22. The normalized spacial score (nSPS) is 27.9. The Morgan fingerprint density at radius 1 is 1.57 bits per heavy atom. The predicted octanol–water partition coefficient (Wildman–Crippen LogP) is 0.811. The van der Waals surface area contributed by atoms with Crippen molar-refractivity contribution in [1.82, 2.24) is 10.1 Å². The minimum Gasteiger partial charge on any atom is -0.378 e. The molecule has 0 aliphatic carbocycles. The van der Waals surface area contributed by atoms with Gasteiger partial charge >= 0.3 is 0 Å². The molecule has 78 valence electrons. The summed E-state index contributed by atoms with van der Waals surface area (Å²) >= 11 is 0. The Morgan fingerprint density at radius 3 is 3.07 bits per heavy atom. The number of nitrogens with zero attached hydrogens (tertiary/aromatic N) is 2. The summed E-state index contributed by atoms with van der Waals surface area (Å²) in [6.45, 7) is 3.17. The van der Waals surface area contributed by atoms with Crippen molar-refractivity contribution in [2.45, 2.75) is 38.3 Å². The van der Waals surface area contributed by atoms with Crippen LogP contribution in [0.3, 0.4) is 0 Å². The summed E-state index contributed by atoms with van der Waals surface area (Å²) < 4.78 is 10.6. The van der Waals surface area contributed by atoms with Gasteiger partial charge in [0.2, 0.25) is 5.89 Å². The van der Waals surface area contributed by atoms with E-state index in [1.807, 2.05) is 0 Å². The van der Waals surface area contributed by atoms with Gasteiger partial charge in [-0.3, -0.25) is 0 Å². The Balaban J connectivity index is 2.06. The van der Waals surface area contributed by atoms with Gasteiger partial charge < -0.3 is 15.0 Å². The summed E-state index contributed by atoms with van der Waals surface area (Å²) in [4.78, 5) is 4.23. The van der Waals surface area contributed by atoms with Crippen LogP contribution < -0.4 is 5.73 Å². The highest BCUT2D eigenvalue weighted by atomic mass is 16.5. The second-order valence-corrected chi connectivity index (χ2v) is 3.66. The minimum absolute atomic E-state index is 0.280. The fourth-order valence-electron chi connectivity index (χ4n) is 1.74. The molecule has 2 unspecified atom stereocenters. The fourth-order valence-corrected chi connectivity index (χ4v) is 1.74. The molecule has 1 fully saturated rings. The van der Waals surface area contributed by atoms with Crippen molar-refractivity contribution in [3.63, 3.8) is 0 Å². The zero-order valence-electron chi connectivity index (χ0n) is 8.27. The maximum atomic E-state index is 5.45. The molecule has 2 rings (SSSR count). The molecule has 1 aliphatic heterocycles. The van der Waals surface area contributed by atoms with E-state index in [0.29, 0.717) is 24.2 Å². The summed E-state index contributed by atoms with van der Waals surface area (Å²) in [6, 6.07) is 0. The molecule has 2 heterocycles. The van der Waals surface area contributed by atoms with Crippen LogP contribution in [-0.2, 0) is 11.3 Å². The van der Waals surface area contributed by atoms with Gasteiger partial charge in [0.15, 0.2) is 5.82 Å². The first-order chi connectivity index (χ1) is 6.79. The van der Waals surface area contributed by atoms with E-state index in [4.69, 9.17) is 15.0 Å². The largest absolute Gasteiger partial charge is 0.378 e. The highest BCUT2D eigenvalue weighted by Gasteiger charge is 2.25. The average Bonchev–Trinajstić information content (AvgIpc) is 2.66. The third-order valence-corrected chi connectivity index (χ3v) is 2.50. The number of ether oxygens (including phenoxy) is 1. The molecule has 0 saturated carbocycles. The lowest BCUT2D eigenvalue weighted by atomic mass is 9.96. The predicted molar refractivity (Wildman–Crippen MR) is 49.6 cm³/mol. The zero-order valence-corrected chi connectivity index (χ0v) is 8.27. The van der Waals surface area contributed by atoms with Crippen molar-refractivity contribution in [3.8, 4) is 0 Å². The zero-order chi connectivity index (χ0) is 9.97. The molecular formula is C9H15N3O2. The lowest BCUT2D eigenvalue weighted by Gasteiger charge is -2.24. The monoisotopic (exact) mass is 197 g/mol. The van der Waals surface area contributed by atoms with Crippen LogP contribution in [0.1, 0.15) is 37.4 Å². The van der Waals surface area contributed by atoms with Crippen LogP contribution >= 0.6 is 0 Å². The molecule has 0 spiro atoms. The molecule has 2 N–H and O–H groups in total. The molecule has 1 aromatic rings. The van der Waals surface area contributed by atoms with Gasteiger partial charge in [-0.1, -0.05) is 5.16 Å². The smallest absolute Gasteiger partial charge is 0.229 e. The van der Waals surface area contributed by atoms with Gasteiger partial charge in [-0.25, -0.2) is 0 Å². The summed E-state index contributed by atoms with van der Waals surface area (Å²) in [5.41, 5.74) is 5.41. The SMILES string of the molecule is CC1CC(c2nc(CN)no2)CCO1. The van der Waals surface area contributed by atoms with E-state index in [9.17, 15) is 0 Å². The van der Waals surface area contributed by atoms with Gasteiger partial charge in [-0.2, -0.15) is 4.98 Å². The van der Waals surface area contributed by atoms with E-state index in [0.717, 1.165) is 19.4 Å². The van der Waals surface area contributed by atoms with Crippen LogP contribution in [-0.4, -0.2) is 22.9 Å². The highest BCUT2D eigenvalue weighted by Crippen LogP contribution is 2.28. The molecule has 5 heteroatoms. The Morgan fingerprint density at radius 2 is 2.43 bits per heavy atom. The summed E-state index contributed by atoms with van der Waals surface area (Å²) in [7, 11) is 0. The van der Waals surface area contributed by atoms with Gasteiger partial charge in [-0.15, -0.1) is 0 Å². The molecule has 2 atom stereocenters. The number of aromatic nitrogens is 2. The quantitative estimate of drug-likeness (QED) is 0.759. The first-order valence-electron chi connectivity index (χ1n) is 4.93. The van der Waals surface area contributed by atoms with Crippen molar-refractivity contribution in [3.05, 3.63) is 11.7 Å². The fraction of sp³-hybridized carbons (Fsp3) is 0.778. The first kappa shape index (κ1) is 9.61. The van der Waals surface area contributed by atoms with Crippen LogP contribution in [0.25, 0.3) is 0 Å². The molecule has 0 aromatic carbocycles. The Hall–Kier alpha value is -0.940. The molecule has 1 aromatic heterocycles. The van der Waals surface area contributed by atoms with Gasteiger partial charge in [0.25, 0.3) is 0 Å². The van der Waals surface area contributed by atoms with Crippen LogP contribution in [0.15, 0.2) is 4.52 Å². The second kappa shape index (κ2) is 4.06. The Kier molecular flexibility index (Phi) is 2.79. The van der Waals surface area contributed by atoms with Crippen LogP contribution in [0.5, 0.6) is 0 Å². The maximum Gasteiger partial charge on any atom is 0.229 e. The van der Waals surface area contributed by atoms with Crippen LogP contribution in [0, 0.1) is 0 Å². The van der Waals surface area contributed by atoms with Gasteiger partial charge in [-0.05, 0) is 19.8 Å². The van der Waals surface area contributed by atoms with E-state index < -0.39 is 0 Å². The van der Waals surface area contributed by atoms with E-state index in [-0.39, 0.29) is 6.10 Å². The van der Waals surface area contributed by atoms with Gasteiger partial charge in [0, 0.05) is 12.5 Å². The minimum atomic E-state index is 0.280. The standard InChI is InChI=1S/C9H15N3O2/c1-6-4-7(2-3-13-6)9-11-8(5-10)12-14-9/h6-7H,2-5,10H2,1H3. The molecule has 1 aliphatic rings. The van der Waals surface area contributed by atoms with E-state index in [1.165, 1.54) is 0 Å². The topological polar surface area (TPSA) is 74.2 Å². The number of nitrogens with two attached hydrogens (primary N) is 1. The number of hydrogen-bond donors (Lipinski definition) is 1. The van der Waals surface area contributed by atoms with E-state index in [2.05, 4.69) is 17.1 Å².